The second-order valence-electron chi connectivity index (χ2n) is 23.5. The van der Waals surface area contributed by atoms with E-state index in [9.17, 15) is 48.6 Å². The van der Waals surface area contributed by atoms with E-state index in [1.165, 1.54) is 36.8 Å². The molecule has 2 fully saturated rings. The number of carboxylic acids is 1. The Kier molecular flexibility index (Phi) is 19.3. The molecule has 0 unspecified atom stereocenters. The molecule has 2 saturated heterocycles. The average Bonchev–Trinajstić information content (AvgIpc) is 1.61. The summed E-state index contributed by atoms with van der Waals surface area (Å²) in [5.41, 5.74) is 7.68. The number of aliphatic carboxylic acids is 1. The fourth-order valence-corrected chi connectivity index (χ4v) is 11.4. The van der Waals surface area contributed by atoms with Gasteiger partial charge in [-0.3, -0.25) is 57.3 Å². The first-order valence-electron chi connectivity index (χ1n) is 29.5. The van der Waals surface area contributed by atoms with Crippen LogP contribution in [0.15, 0.2) is 143 Å². The molecule has 8 aromatic rings. The maximum atomic E-state index is 13.3. The van der Waals surface area contributed by atoms with Crippen LogP contribution in [0, 0.1) is 13.8 Å². The van der Waals surface area contributed by atoms with Crippen LogP contribution in [0.3, 0.4) is 0 Å². The van der Waals surface area contributed by atoms with Gasteiger partial charge in [0.2, 0.25) is 23.6 Å². The second-order valence-corrected chi connectivity index (χ2v) is 23.5. The number of benzene rings is 6. The number of aromatic hydroxyl groups is 2. The quantitative estimate of drug-likeness (QED) is 0.0520. The van der Waals surface area contributed by atoms with Crippen molar-refractivity contribution in [3.63, 3.8) is 0 Å². The first-order chi connectivity index (χ1) is 42.8. The van der Waals surface area contributed by atoms with E-state index in [4.69, 9.17) is 19.8 Å². The normalized spacial score (nSPS) is 14.3. The summed E-state index contributed by atoms with van der Waals surface area (Å²) in [5, 5.41) is 33.1. The van der Waals surface area contributed by atoms with Crippen molar-refractivity contribution in [1.29, 1.82) is 0 Å². The number of hydrogen-bond donors (Lipinski definition) is 3. The molecule has 0 saturated carbocycles. The number of fused-ring (bicyclic) bond motifs is 2. The number of esters is 1. The third-order valence-corrected chi connectivity index (χ3v) is 15.7. The SMILES string of the molecule is CC(=O)c1cc2c(cc1C)c(C(=Nc1ccc(C(=O)N3CCN(CC(=O)O)CC3)cc1)c1ccccc1)c(O)n2C(C)=O.CC(=O)c1cc2c(cc1C)c(C(=Nc1ccc(C(=O)N3CCN(CC(=O)OC(C)(C)C)CC3)cc1)c1ccccc1)c(O)n2C(C)=O. The molecule has 0 radical (unpaired) electrons. The number of amides is 2. The van der Waals surface area contributed by atoms with Crippen molar-refractivity contribution in [3.8, 4) is 11.8 Å². The van der Waals surface area contributed by atoms with Crippen molar-refractivity contribution in [2.24, 2.45) is 9.98 Å². The molecule has 20 nitrogen and oxygen atoms in total. The third-order valence-electron chi connectivity index (χ3n) is 15.7. The second kappa shape index (κ2) is 27.1. The zero-order valence-electron chi connectivity index (χ0n) is 51.9. The fraction of sp³-hybridized carbons (Fsp3) is 0.286. The lowest BCUT2D eigenvalue weighted by molar-refractivity contribution is -0.156. The Bertz CT molecular complexity index is 4180. The molecule has 6 aromatic carbocycles. The van der Waals surface area contributed by atoms with E-state index in [1.54, 1.807) is 87.5 Å². The molecule has 2 aromatic heterocycles. The van der Waals surface area contributed by atoms with Crippen LogP contribution in [0.25, 0.3) is 21.8 Å². The van der Waals surface area contributed by atoms with E-state index in [2.05, 4.69) is 0 Å². The maximum Gasteiger partial charge on any atom is 0.320 e. The number of aliphatic imine (C=N–C) groups is 2. The first kappa shape index (κ1) is 64.3. The molecule has 4 heterocycles. The Hall–Kier alpha value is -10.2. The summed E-state index contributed by atoms with van der Waals surface area (Å²) < 4.78 is 7.81. The van der Waals surface area contributed by atoms with Gasteiger partial charge in [0.25, 0.3) is 11.8 Å². The van der Waals surface area contributed by atoms with Crippen LogP contribution < -0.4 is 0 Å². The molecule has 10 rings (SSSR count). The fourth-order valence-electron chi connectivity index (χ4n) is 11.4. The first-order valence-corrected chi connectivity index (χ1v) is 29.5. The van der Waals surface area contributed by atoms with Crippen molar-refractivity contribution in [2.75, 3.05) is 65.4 Å². The van der Waals surface area contributed by atoms with Gasteiger partial charge in [0.15, 0.2) is 11.6 Å². The molecule has 20 heteroatoms. The average molecular weight is 1220 g/mol. The van der Waals surface area contributed by atoms with Crippen LogP contribution in [-0.2, 0) is 14.3 Å². The van der Waals surface area contributed by atoms with Gasteiger partial charge < -0.3 is 29.9 Å². The Morgan fingerprint density at radius 2 is 0.833 bits per heavy atom. The van der Waals surface area contributed by atoms with Gasteiger partial charge in [0, 0.05) is 110 Å². The van der Waals surface area contributed by atoms with E-state index in [-0.39, 0.29) is 54.2 Å². The van der Waals surface area contributed by atoms with E-state index in [0.29, 0.717) is 153 Å². The molecular formula is C70H72N8O12. The number of hydrogen-bond acceptors (Lipinski definition) is 15. The Morgan fingerprint density at radius 3 is 1.16 bits per heavy atom. The van der Waals surface area contributed by atoms with Gasteiger partial charge in [-0.15, -0.1) is 0 Å². The number of ketones is 2. The van der Waals surface area contributed by atoms with Gasteiger partial charge in [-0.25, -0.2) is 9.98 Å². The minimum absolute atomic E-state index is 0.0451. The number of piperazine rings is 2. The van der Waals surface area contributed by atoms with E-state index < -0.39 is 23.4 Å². The van der Waals surface area contributed by atoms with Crippen LogP contribution in [0.5, 0.6) is 11.8 Å². The van der Waals surface area contributed by atoms with Crippen molar-refractivity contribution in [3.05, 3.63) is 189 Å². The van der Waals surface area contributed by atoms with Crippen LogP contribution in [0.4, 0.5) is 11.4 Å². The van der Waals surface area contributed by atoms with Crippen molar-refractivity contribution in [1.82, 2.24) is 28.7 Å². The molecule has 90 heavy (non-hydrogen) atoms. The summed E-state index contributed by atoms with van der Waals surface area (Å²) in [5.74, 6) is -3.08. The lowest BCUT2D eigenvalue weighted by Crippen LogP contribution is -2.50. The van der Waals surface area contributed by atoms with E-state index >= 15 is 0 Å². The molecule has 2 aliphatic rings. The molecule has 0 aliphatic carbocycles. The monoisotopic (exact) mass is 1220 g/mol. The zero-order chi connectivity index (χ0) is 64.9. The predicted molar refractivity (Wildman–Crippen MR) is 344 cm³/mol. The van der Waals surface area contributed by atoms with E-state index in [0.717, 1.165) is 0 Å². The summed E-state index contributed by atoms with van der Waals surface area (Å²) >= 11 is 0. The Balaban J connectivity index is 0.000000214. The summed E-state index contributed by atoms with van der Waals surface area (Å²) in [6.07, 6.45) is 0. The summed E-state index contributed by atoms with van der Waals surface area (Å²) in [4.78, 5) is 117. The van der Waals surface area contributed by atoms with Crippen molar-refractivity contribution >= 4 is 91.7 Å². The lowest BCUT2D eigenvalue weighted by Gasteiger charge is -2.34. The van der Waals surface area contributed by atoms with Gasteiger partial charge in [-0.1, -0.05) is 60.7 Å². The maximum absolute atomic E-state index is 13.3. The van der Waals surface area contributed by atoms with Gasteiger partial charge in [-0.2, -0.15) is 0 Å². The molecular weight excluding hydrogens is 1140 g/mol. The van der Waals surface area contributed by atoms with Crippen LogP contribution >= 0.6 is 0 Å². The largest absolute Gasteiger partial charge is 0.494 e. The standard InChI is InChI=1S/C37H40N4O6.C33H32N4O6/c1-23-20-30-31(21-29(23)24(2)42)41(25(3)43)36(46)33(30)34(26-10-8-7-9-11-26)38-28-14-12-27(13-15-28)35(45)40-18-16-39(17-19-40)22-32(44)47-37(4,5)6;1-20-17-27-28(18-26(20)21(2)38)37(22(3)39)33(43)30(27)31(23-7-5-4-6-8-23)34-25-11-9-24(10-12-25)32(42)36-15-13-35(14-16-36)19-29(40)41/h7-15,20-21,46H,16-19,22H2,1-6H3;4-12,17-18,43H,13-16,19H2,1-3H3,(H,40,41). The van der Waals surface area contributed by atoms with Crippen molar-refractivity contribution < 1.29 is 58.4 Å². The number of nitrogens with zero attached hydrogens (tertiary/aromatic N) is 8. The van der Waals surface area contributed by atoms with E-state index in [1.807, 2.05) is 100 Å². The minimum atomic E-state index is -0.888. The lowest BCUT2D eigenvalue weighted by atomic mass is 9.97. The number of aromatic nitrogens is 2. The van der Waals surface area contributed by atoms with Crippen LogP contribution in [0.1, 0.15) is 133 Å². The summed E-state index contributed by atoms with van der Waals surface area (Å²) in [6.45, 7) is 18.9. The Labute approximate surface area is 520 Å². The van der Waals surface area contributed by atoms with Crippen LogP contribution in [-0.4, -0.2) is 174 Å². The highest BCUT2D eigenvalue weighted by atomic mass is 16.6. The topological polar surface area (TPSA) is 254 Å². The smallest absolute Gasteiger partial charge is 0.320 e. The Morgan fingerprint density at radius 1 is 0.478 bits per heavy atom. The number of ether oxygens (including phenoxy) is 1. The molecule has 0 atom stereocenters. The number of rotatable bonds is 14. The van der Waals surface area contributed by atoms with Gasteiger partial charge in [-0.05, 0) is 132 Å². The molecule has 0 bridgehead atoms. The van der Waals surface area contributed by atoms with Gasteiger partial charge in [0.1, 0.15) is 5.60 Å². The summed E-state index contributed by atoms with van der Waals surface area (Å²) in [6, 6.07) is 39.2. The minimum Gasteiger partial charge on any atom is -0.494 e. The van der Waals surface area contributed by atoms with Crippen molar-refractivity contribution in [2.45, 2.75) is 67.9 Å². The number of carboxylic acid groups (broad SMARTS) is 1. The summed E-state index contributed by atoms with van der Waals surface area (Å²) in [7, 11) is 0. The number of carbonyl (C=O) groups is 8. The predicted octanol–water partition coefficient (Wildman–Crippen LogP) is 10.3. The van der Waals surface area contributed by atoms with Gasteiger partial charge in [0.05, 0.1) is 58.0 Å². The number of carbonyl (C=O) groups excluding carboxylic acids is 7. The zero-order valence-corrected chi connectivity index (χ0v) is 51.9. The highest BCUT2D eigenvalue weighted by molar-refractivity contribution is 6.25. The highest BCUT2D eigenvalue weighted by Gasteiger charge is 2.30. The number of aryl methyl sites for hydroxylation is 2. The molecule has 2 amide bonds. The molecule has 0 spiro atoms. The molecule has 464 valence electrons. The van der Waals surface area contributed by atoms with Crippen LogP contribution in [0.2, 0.25) is 0 Å². The molecule has 3 N–H and O–H groups in total. The van der Waals surface area contributed by atoms with Gasteiger partial charge >= 0.3 is 11.9 Å². The highest BCUT2D eigenvalue weighted by Crippen LogP contribution is 2.39. The molecule has 2 aliphatic heterocycles. The third kappa shape index (κ3) is 14.4. The number of Topliss-reactive ketones (excluding diaryl/α,β-unsaturated/α-hetero) is 2.